The predicted octanol–water partition coefficient (Wildman–Crippen LogP) is 0.825. The van der Waals surface area contributed by atoms with Gasteiger partial charge >= 0.3 is 5.97 Å². The van der Waals surface area contributed by atoms with Crippen molar-refractivity contribution in [2.45, 2.75) is 19.4 Å². The maximum atomic E-state index is 10.4. The fourth-order valence-corrected chi connectivity index (χ4v) is 1.29. The Bertz CT molecular complexity index is 379. The van der Waals surface area contributed by atoms with Crippen LogP contribution in [0.2, 0.25) is 0 Å². The summed E-state index contributed by atoms with van der Waals surface area (Å²) in [5.41, 5.74) is 8.16. The van der Waals surface area contributed by atoms with E-state index in [4.69, 9.17) is 15.9 Å². The van der Waals surface area contributed by atoms with Gasteiger partial charge in [0, 0.05) is 13.0 Å². The molecule has 0 aliphatic carbocycles. The first kappa shape index (κ1) is 12.3. The molecule has 5 nitrogen and oxygen atoms in total. The second-order valence-corrected chi connectivity index (χ2v) is 3.66. The maximum Gasteiger partial charge on any atom is 0.332 e. The first-order chi connectivity index (χ1) is 7.50. The van der Waals surface area contributed by atoms with Gasteiger partial charge in [0.05, 0.1) is 11.4 Å². The third-order valence-corrected chi connectivity index (χ3v) is 2.23. The molecule has 0 spiro atoms. The van der Waals surface area contributed by atoms with E-state index in [9.17, 15) is 4.79 Å². The van der Waals surface area contributed by atoms with Gasteiger partial charge in [-0.05, 0) is 24.6 Å². The van der Waals surface area contributed by atoms with Crippen LogP contribution in [0, 0.1) is 6.92 Å². The smallest absolute Gasteiger partial charge is 0.332 e. The molecule has 0 unspecified atom stereocenters. The van der Waals surface area contributed by atoms with Crippen LogP contribution in [0.4, 0.5) is 11.4 Å². The minimum absolute atomic E-state index is 0.142. The number of nitrogens with one attached hydrogen (secondary N) is 1. The molecule has 5 heteroatoms. The molecule has 5 N–H and O–H groups in total. The summed E-state index contributed by atoms with van der Waals surface area (Å²) in [6.45, 7) is 2.30. The molecule has 0 aromatic heterocycles. The number of anilines is 2. The van der Waals surface area contributed by atoms with Gasteiger partial charge in [-0.15, -0.1) is 0 Å². The number of nitrogen functional groups attached to an aromatic ring is 1. The lowest BCUT2D eigenvalue weighted by atomic mass is 10.2. The number of carbonyl (C=O) groups is 1. The van der Waals surface area contributed by atoms with Crippen LogP contribution in [0.1, 0.15) is 12.0 Å². The molecule has 0 radical (unpaired) electrons. The molecule has 16 heavy (non-hydrogen) atoms. The molecular weight excluding hydrogens is 208 g/mol. The van der Waals surface area contributed by atoms with Crippen LogP contribution in [0.15, 0.2) is 18.2 Å². The van der Waals surface area contributed by atoms with Crippen LogP contribution in [-0.2, 0) is 4.79 Å². The number of aliphatic hydroxyl groups is 1. The Labute approximate surface area is 93.9 Å². The summed E-state index contributed by atoms with van der Waals surface area (Å²) in [7, 11) is 0. The Balaban J connectivity index is 2.48. The van der Waals surface area contributed by atoms with Crippen LogP contribution in [0.25, 0.3) is 0 Å². The highest BCUT2D eigenvalue weighted by Gasteiger charge is 2.12. The van der Waals surface area contributed by atoms with E-state index < -0.39 is 12.1 Å². The van der Waals surface area contributed by atoms with Crippen molar-refractivity contribution < 1.29 is 15.0 Å². The fourth-order valence-electron chi connectivity index (χ4n) is 1.29. The van der Waals surface area contributed by atoms with Gasteiger partial charge in [-0.25, -0.2) is 4.79 Å². The van der Waals surface area contributed by atoms with Crippen LogP contribution >= 0.6 is 0 Å². The lowest BCUT2D eigenvalue weighted by Crippen LogP contribution is -2.22. The number of hydrogen-bond acceptors (Lipinski definition) is 4. The zero-order valence-corrected chi connectivity index (χ0v) is 9.10. The minimum Gasteiger partial charge on any atom is -0.479 e. The molecule has 1 aromatic rings. The Morgan fingerprint density at radius 3 is 2.88 bits per heavy atom. The van der Waals surface area contributed by atoms with E-state index in [1.54, 1.807) is 6.07 Å². The van der Waals surface area contributed by atoms with E-state index in [0.29, 0.717) is 12.2 Å². The average Bonchev–Trinajstić information content (AvgIpc) is 2.22. The summed E-state index contributed by atoms with van der Waals surface area (Å²) >= 11 is 0. The first-order valence-corrected chi connectivity index (χ1v) is 5.01. The van der Waals surface area contributed by atoms with E-state index in [2.05, 4.69) is 5.32 Å². The number of carboxylic acid groups (broad SMARTS) is 1. The van der Waals surface area contributed by atoms with Crippen molar-refractivity contribution in [2.24, 2.45) is 0 Å². The SMILES string of the molecule is Cc1ccc(N)c(NCC[C@@H](O)C(=O)O)c1. The van der Waals surface area contributed by atoms with E-state index in [-0.39, 0.29) is 6.42 Å². The number of aliphatic hydroxyl groups excluding tert-OH is 1. The van der Waals surface area contributed by atoms with Gasteiger partial charge in [0.2, 0.25) is 0 Å². The maximum absolute atomic E-state index is 10.4. The molecule has 1 rings (SSSR count). The second-order valence-electron chi connectivity index (χ2n) is 3.66. The number of benzene rings is 1. The van der Waals surface area contributed by atoms with Gasteiger partial charge in [0.15, 0.2) is 6.10 Å². The molecule has 88 valence electrons. The van der Waals surface area contributed by atoms with Gasteiger partial charge in [-0.3, -0.25) is 0 Å². The normalized spacial score (nSPS) is 12.1. The number of aliphatic carboxylic acids is 1. The lowest BCUT2D eigenvalue weighted by molar-refractivity contribution is -0.146. The van der Waals surface area contributed by atoms with Crippen molar-refractivity contribution in [1.82, 2.24) is 0 Å². The van der Waals surface area contributed by atoms with Crippen molar-refractivity contribution in [2.75, 3.05) is 17.6 Å². The van der Waals surface area contributed by atoms with Crippen LogP contribution in [0.3, 0.4) is 0 Å². The Hall–Kier alpha value is -1.75. The number of aryl methyl sites for hydroxylation is 1. The topological polar surface area (TPSA) is 95.6 Å². The molecule has 1 aromatic carbocycles. The zero-order valence-electron chi connectivity index (χ0n) is 9.10. The van der Waals surface area contributed by atoms with Crippen molar-refractivity contribution in [3.05, 3.63) is 23.8 Å². The van der Waals surface area contributed by atoms with E-state index in [1.165, 1.54) is 0 Å². The largest absolute Gasteiger partial charge is 0.479 e. The van der Waals surface area contributed by atoms with Gasteiger partial charge in [-0.2, -0.15) is 0 Å². The van der Waals surface area contributed by atoms with Gasteiger partial charge < -0.3 is 21.3 Å². The Kier molecular flexibility index (Phi) is 4.13. The molecular formula is C11H16N2O3. The summed E-state index contributed by atoms with van der Waals surface area (Å²) in [4.78, 5) is 10.4. The molecule has 0 amide bonds. The second kappa shape index (κ2) is 5.37. The molecule has 0 aliphatic rings. The summed E-state index contributed by atoms with van der Waals surface area (Å²) in [5, 5.41) is 20.5. The van der Waals surface area contributed by atoms with E-state index in [1.807, 2.05) is 19.1 Å². The van der Waals surface area contributed by atoms with E-state index in [0.717, 1.165) is 11.3 Å². The Morgan fingerprint density at radius 2 is 2.25 bits per heavy atom. The lowest BCUT2D eigenvalue weighted by Gasteiger charge is -2.11. The van der Waals surface area contributed by atoms with Crippen molar-refractivity contribution in [3.8, 4) is 0 Å². The average molecular weight is 224 g/mol. The van der Waals surface area contributed by atoms with Crippen LogP contribution in [0.5, 0.6) is 0 Å². The molecule has 0 saturated carbocycles. The highest BCUT2D eigenvalue weighted by Crippen LogP contribution is 2.19. The van der Waals surface area contributed by atoms with E-state index >= 15 is 0 Å². The van der Waals surface area contributed by atoms with Gasteiger partial charge in [-0.1, -0.05) is 6.07 Å². The minimum atomic E-state index is -1.33. The molecule has 0 heterocycles. The van der Waals surface area contributed by atoms with Crippen molar-refractivity contribution in [1.29, 1.82) is 0 Å². The molecule has 1 atom stereocenters. The number of hydrogen-bond donors (Lipinski definition) is 4. The summed E-state index contributed by atoms with van der Waals surface area (Å²) in [6.07, 6.45) is -1.19. The monoisotopic (exact) mass is 224 g/mol. The molecule has 0 bridgehead atoms. The van der Waals surface area contributed by atoms with Crippen LogP contribution < -0.4 is 11.1 Å². The van der Waals surface area contributed by atoms with Gasteiger partial charge in [0.25, 0.3) is 0 Å². The number of rotatable bonds is 5. The Morgan fingerprint density at radius 1 is 1.56 bits per heavy atom. The van der Waals surface area contributed by atoms with Gasteiger partial charge in [0.1, 0.15) is 0 Å². The van der Waals surface area contributed by atoms with Crippen molar-refractivity contribution in [3.63, 3.8) is 0 Å². The summed E-state index contributed by atoms with van der Waals surface area (Å²) in [5.74, 6) is -1.21. The molecule has 0 saturated heterocycles. The summed E-state index contributed by atoms with van der Waals surface area (Å²) in [6, 6.07) is 5.56. The number of carboxylic acids is 1. The number of nitrogens with two attached hydrogens (primary N) is 1. The van der Waals surface area contributed by atoms with Crippen LogP contribution in [-0.4, -0.2) is 28.8 Å². The quantitative estimate of drug-likeness (QED) is 0.555. The highest BCUT2D eigenvalue weighted by atomic mass is 16.4. The van der Waals surface area contributed by atoms with Crippen molar-refractivity contribution >= 4 is 17.3 Å². The summed E-state index contributed by atoms with van der Waals surface area (Å²) < 4.78 is 0. The highest BCUT2D eigenvalue weighted by molar-refractivity contribution is 5.72. The standard InChI is InChI=1S/C11H16N2O3/c1-7-2-3-8(12)9(6-7)13-5-4-10(14)11(15)16/h2-3,6,10,13-14H,4-5,12H2,1H3,(H,15,16)/t10-/m1/s1. The molecule has 0 fully saturated rings. The third kappa shape index (κ3) is 3.43. The fraction of sp³-hybridized carbons (Fsp3) is 0.364. The predicted molar refractivity (Wildman–Crippen MR) is 62.3 cm³/mol. The zero-order chi connectivity index (χ0) is 12.1. The molecule has 0 aliphatic heterocycles. The first-order valence-electron chi connectivity index (χ1n) is 5.01. The third-order valence-electron chi connectivity index (χ3n) is 2.23.